The first kappa shape index (κ1) is 15.8. The Bertz CT molecular complexity index is 673. The highest BCUT2D eigenvalue weighted by Gasteiger charge is 2.05. The molecule has 1 heterocycles. The zero-order valence-corrected chi connectivity index (χ0v) is 13.4. The van der Waals surface area contributed by atoms with E-state index in [1.165, 1.54) is 0 Å². The molecule has 0 saturated carbocycles. The van der Waals surface area contributed by atoms with Crippen LogP contribution >= 0.6 is 0 Å². The van der Waals surface area contributed by atoms with Gasteiger partial charge in [-0.2, -0.15) is 4.98 Å². The number of ether oxygens (including phenoxy) is 1. The average Bonchev–Trinajstić information content (AvgIpc) is 2.79. The third-order valence-corrected chi connectivity index (χ3v) is 2.85. The van der Waals surface area contributed by atoms with Crippen LogP contribution in [0, 0.1) is 0 Å². The second-order valence-corrected chi connectivity index (χ2v) is 4.76. The van der Waals surface area contributed by atoms with Crippen molar-refractivity contribution in [2.75, 3.05) is 11.9 Å². The molecule has 116 valence electrons. The SMILES string of the molecule is CCOC(C)=N/C(C)=C/c1nc(Nc2ccccc2)nn1C. The first-order valence-corrected chi connectivity index (χ1v) is 7.18. The molecule has 1 aromatic carbocycles. The number of hydrogen-bond acceptors (Lipinski definition) is 5. The molecule has 0 bridgehead atoms. The van der Waals surface area contributed by atoms with E-state index in [1.807, 2.05) is 64.2 Å². The van der Waals surface area contributed by atoms with Crippen LogP contribution in [0.1, 0.15) is 26.6 Å². The van der Waals surface area contributed by atoms with Gasteiger partial charge in [-0.05, 0) is 26.0 Å². The zero-order chi connectivity index (χ0) is 15.9. The number of aromatic nitrogens is 3. The van der Waals surface area contributed by atoms with Crippen molar-refractivity contribution in [1.82, 2.24) is 14.8 Å². The van der Waals surface area contributed by atoms with E-state index < -0.39 is 0 Å². The minimum absolute atomic E-state index is 0.554. The van der Waals surface area contributed by atoms with Crippen LogP contribution in [0.15, 0.2) is 41.0 Å². The summed E-state index contributed by atoms with van der Waals surface area (Å²) in [4.78, 5) is 8.80. The minimum Gasteiger partial charge on any atom is -0.481 e. The summed E-state index contributed by atoms with van der Waals surface area (Å²) in [5.74, 6) is 1.92. The van der Waals surface area contributed by atoms with Crippen LogP contribution in [-0.2, 0) is 11.8 Å². The van der Waals surface area contributed by atoms with Crippen LogP contribution in [-0.4, -0.2) is 27.3 Å². The monoisotopic (exact) mass is 299 g/mol. The topological polar surface area (TPSA) is 64.3 Å². The van der Waals surface area contributed by atoms with Gasteiger partial charge in [0.25, 0.3) is 0 Å². The van der Waals surface area contributed by atoms with E-state index in [9.17, 15) is 0 Å². The standard InChI is InChI=1S/C16H21N5O/c1-5-22-13(3)17-12(2)11-15-19-16(20-21(15)4)18-14-9-7-6-8-10-14/h6-11H,5H2,1-4H3,(H,18,20)/b12-11+,17-13?. The molecule has 6 heteroatoms. The molecule has 2 rings (SSSR count). The fourth-order valence-corrected chi connectivity index (χ4v) is 1.93. The van der Waals surface area contributed by atoms with E-state index in [0.717, 1.165) is 17.2 Å². The molecule has 0 unspecified atom stereocenters. The lowest BCUT2D eigenvalue weighted by atomic mass is 10.3. The number of benzene rings is 1. The maximum atomic E-state index is 5.32. The first-order chi connectivity index (χ1) is 10.6. The molecule has 0 fully saturated rings. The van der Waals surface area contributed by atoms with E-state index in [1.54, 1.807) is 4.68 Å². The molecule has 0 amide bonds. The predicted molar refractivity (Wildman–Crippen MR) is 89.1 cm³/mol. The molecule has 0 saturated heterocycles. The van der Waals surface area contributed by atoms with Gasteiger partial charge in [-0.1, -0.05) is 18.2 Å². The van der Waals surface area contributed by atoms with Crippen molar-refractivity contribution < 1.29 is 4.74 Å². The fraction of sp³-hybridized carbons (Fsp3) is 0.312. The Morgan fingerprint density at radius 3 is 2.73 bits per heavy atom. The molecular weight excluding hydrogens is 278 g/mol. The van der Waals surface area contributed by atoms with Crippen LogP contribution in [0.2, 0.25) is 0 Å². The zero-order valence-electron chi connectivity index (χ0n) is 13.4. The van der Waals surface area contributed by atoms with Gasteiger partial charge in [-0.3, -0.25) is 0 Å². The highest BCUT2D eigenvalue weighted by Crippen LogP contribution is 2.14. The van der Waals surface area contributed by atoms with Crippen LogP contribution in [0.25, 0.3) is 6.08 Å². The smallest absolute Gasteiger partial charge is 0.247 e. The van der Waals surface area contributed by atoms with Gasteiger partial charge in [0, 0.05) is 31.4 Å². The van der Waals surface area contributed by atoms with Crippen molar-refractivity contribution in [3.8, 4) is 0 Å². The maximum absolute atomic E-state index is 5.32. The van der Waals surface area contributed by atoms with Crippen LogP contribution < -0.4 is 5.32 Å². The van der Waals surface area contributed by atoms with Gasteiger partial charge in [0.15, 0.2) is 11.7 Å². The lowest BCUT2D eigenvalue weighted by molar-refractivity contribution is 0.324. The Morgan fingerprint density at radius 1 is 1.32 bits per heavy atom. The molecule has 1 aromatic heterocycles. The fourth-order valence-electron chi connectivity index (χ4n) is 1.93. The largest absolute Gasteiger partial charge is 0.481 e. The summed E-state index contributed by atoms with van der Waals surface area (Å²) >= 11 is 0. The van der Waals surface area contributed by atoms with E-state index in [4.69, 9.17) is 4.74 Å². The van der Waals surface area contributed by atoms with Crippen molar-refractivity contribution in [2.24, 2.45) is 12.0 Å². The van der Waals surface area contributed by atoms with Crippen molar-refractivity contribution in [2.45, 2.75) is 20.8 Å². The van der Waals surface area contributed by atoms with Gasteiger partial charge in [0.1, 0.15) is 0 Å². The average molecular weight is 299 g/mol. The number of nitrogens with one attached hydrogen (secondary N) is 1. The highest BCUT2D eigenvalue weighted by atomic mass is 16.5. The van der Waals surface area contributed by atoms with Gasteiger partial charge in [0.2, 0.25) is 5.95 Å². The third-order valence-electron chi connectivity index (χ3n) is 2.85. The molecule has 0 aliphatic heterocycles. The number of allylic oxidation sites excluding steroid dienone is 1. The molecule has 22 heavy (non-hydrogen) atoms. The van der Waals surface area contributed by atoms with Gasteiger partial charge in [0.05, 0.1) is 6.61 Å². The summed E-state index contributed by atoms with van der Waals surface area (Å²) in [7, 11) is 1.85. The minimum atomic E-state index is 0.554. The normalized spacial score (nSPS) is 12.4. The van der Waals surface area contributed by atoms with Crippen LogP contribution in [0.4, 0.5) is 11.6 Å². The van der Waals surface area contributed by atoms with Crippen molar-refractivity contribution in [3.63, 3.8) is 0 Å². The van der Waals surface area contributed by atoms with Gasteiger partial charge < -0.3 is 10.1 Å². The van der Waals surface area contributed by atoms with Crippen molar-refractivity contribution >= 4 is 23.6 Å². The Labute approximate surface area is 130 Å². The third kappa shape index (κ3) is 4.44. The first-order valence-electron chi connectivity index (χ1n) is 7.18. The molecule has 0 aliphatic rings. The van der Waals surface area contributed by atoms with E-state index in [2.05, 4.69) is 20.4 Å². The number of nitrogens with zero attached hydrogens (tertiary/aromatic N) is 4. The second kappa shape index (κ2) is 7.40. The van der Waals surface area contributed by atoms with Crippen molar-refractivity contribution in [3.05, 3.63) is 41.9 Å². The summed E-state index contributed by atoms with van der Waals surface area (Å²) < 4.78 is 7.03. The Kier molecular flexibility index (Phi) is 5.30. The van der Waals surface area contributed by atoms with Gasteiger partial charge in [-0.25, -0.2) is 9.67 Å². The highest BCUT2D eigenvalue weighted by molar-refractivity contribution is 5.75. The number of aryl methyl sites for hydroxylation is 1. The molecule has 0 aliphatic carbocycles. The van der Waals surface area contributed by atoms with Crippen LogP contribution in [0.5, 0.6) is 0 Å². The molecule has 6 nitrogen and oxygen atoms in total. The summed E-state index contributed by atoms with van der Waals surface area (Å²) in [6.07, 6.45) is 1.87. The number of rotatable bonds is 5. The maximum Gasteiger partial charge on any atom is 0.247 e. The van der Waals surface area contributed by atoms with Crippen LogP contribution in [0.3, 0.4) is 0 Å². The Hall–Kier alpha value is -2.63. The van der Waals surface area contributed by atoms with E-state index >= 15 is 0 Å². The summed E-state index contributed by atoms with van der Waals surface area (Å²) in [5.41, 5.74) is 1.76. The number of para-hydroxylation sites is 1. The van der Waals surface area contributed by atoms with E-state index in [0.29, 0.717) is 18.5 Å². The van der Waals surface area contributed by atoms with E-state index in [-0.39, 0.29) is 0 Å². The lowest BCUT2D eigenvalue weighted by Crippen LogP contribution is -1.99. The number of anilines is 2. The number of hydrogen-bond donors (Lipinski definition) is 1. The summed E-state index contributed by atoms with van der Waals surface area (Å²) in [6.45, 7) is 6.28. The molecular formula is C16H21N5O. The molecule has 0 radical (unpaired) electrons. The quantitative estimate of drug-likeness (QED) is 0.679. The molecule has 2 aromatic rings. The molecule has 1 N–H and O–H groups in total. The summed E-state index contributed by atoms with van der Waals surface area (Å²) in [6, 6.07) is 9.82. The van der Waals surface area contributed by atoms with Gasteiger partial charge in [-0.15, -0.1) is 5.10 Å². The lowest BCUT2D eigenvalue weighted by Gasteiger charge is -2.01. The Balaban J connectivity index is 2.14. The second-order valence-electron chi connectivity index (χ2n) is 4.76. The Morgan fingerprint density at radius 2 is 2.05 bits per heavy atom. The molecule has 0 spiro atoms. The predicted octanol–water partition coefficient (Wildman–Crippen LogP) is 3.37. The van der Waals surface area contributed by atoms with Gasteiger partial charge >= 0.3 is 0 Å². The molecule has 0 atom stereocenters. The van der Waals surface area contributed by atoms with Crippen molar-refractivity contribution in [1.29, 1.82) is 0 Å². The summed E-state index contributed by atoms with van der Waals surface area (Å²) in [5, 5.41) is 7.51. The number of aliphatic imine (C=N–C) groups is 1.